The molecule has 3 heteroatoms. The maximum Gasteiger partial charge on any atom is 0.193 e. The van der Waals surface area contributed by atoms with Crippen LogP contribution >= 0.6 is 0 Å². The van der Waals surface area contributed by atoms with Gasteiger partial charge in [-0.05, 0) is 31.1 Å². The second-order valence-corrected chi connectivity index (χ2v) is 11.8. The van der Waals surface area contributed by atoms with Crippen molar-refractivity contribution >= 4 is 14.0 Å². The Balaban J connectivity index is 3.14. The van der Waals surface area contributed by atoms with Crippen LogP contribution in [0, 0.1) is 0 Å². The van der Waals surface area contributed by atoms with Gasteiger partial charge in [0.2, 0.25) is 0 Å². The summed E-state index contributed by atoms with van der Waals surface area (Å²) in [6.45, 7) is 18.0. The van der Waals surface area contributed by atoms with E-state index in [4.69, 9.17) is 4.43 Å². The molecule has 122 valence electrons. The molecule has 0 aliphatic rings. The van der Waals surface area contributed by atoms with E-state index in [9.17, 15) is 0 Å². The minimum absolute atomic E-state index is 0.0144. The van der Waals surface area contributed by atoms with Crippen LogP contribution in [0.5, 0.6) is 0 Å². The van der Waals surface area contributed by atoms with E-state index in [1.165, 1.54) is 5.56 Å². The number of hydrogen-bond acceptors (Lipinski definition) is 2. The van der Waals surface area contributed by atoms with E-state index in [-0.39, 0.29) is 11.1 Å². The fourth-order valence-corrected chi connectivity index (χ4v) is 3.16. The summed E-state index contributed by atoms with van der Waals surface area (Å²) in [6, 6.07) is 8.36. The molecule has 1 atom stereocenters. The van der Waals surface area contributed by atoms with Crippen molar-refractivity contribution in [2.75, 3.05) is 11.9 Å². The number of rotatable bonds is 7. The van der Waals surface area contributed by atoms with Gasteiger partial charge in [-0.2, -0.15) is 0 Å². The van der Waals surface area contributed by atoms with E-state index >= 15 is 0 Å². The molecule has 1 aromatic carbocycles. The minimum atomic E-state index is -1.84. The van der Waals surface area contributed by atoms with Gasteiger partial charge in [0.05, 0.1) is 6.10 Å². The van der Waals surface area contributed by atoms with E-state index in [0.29, 0.717) is 0 Å². The Labute approximate surface area is 137 Å². The van der Waals surface area contributed by atoms with Crippen LogP contribution in [0.25, 0.3) is 0 Å². The van der Waals surface area contributed by atoms with Crippen LogP contribution in [0.4, 0.5) is 5.69 Å². The van der Waals surface area contributed by atoms with Crippen LogP contribution in [0.1, 0.15) is 39.4 Å². The quantitative estimate of drug-likeness (QED) is 0.497. The van der Waals surface area contributed by atoms with Gasteiger partial charge in [-0.15, -0.1) is 6.58 Å². The largest absolute Gasteiger partial charge is 0.406 e. The van der Waals surface area contributed by atoms with E-state index in [1.54, 1.807) is 0 Å². The number of allylic oxidation sites excluding steroid dienone is 1. The molecular weight excluding hydrogens is 286 g/mol. The van der Waals surface area contributed by atoms with Gasteiger partial charge in [0.25, 0.3) is 0 Å². The zero-order valence-electron chi connectivity index (χ0n) is 14.9. The van der Waals surface area contributed by atoms with Crippen molar-refractivity contribution in [2.24, 2.45) is 0 Å². The molecule has 2 nitrogen and oxygen atoms in total. The highest BCUT2D eigenvalue weighted by Gasteiger charge is 2.39. The molecule has 0 spiro atoms. The zero-order chi connectivity index (χ0) is 16.8. The number of para-hydroxylation sites is 1. The molecule has 22 heavy (non-hydrogen) atoms. The molecule has 0 amide bonds. The third-order valence-corrected chi connectivity index (χ3v) is 8.75. The van der Waals surface area contributed by atoms with Gasteiger partial charge >= 0.3 is 0 Å². The molecular formula is C19H31NOSi. The Bertz CT molecular complexity index is 514. The van der Waals surface area contributed by atoms with Crippen molar-refractivity contribution in [3.05, 3.63) is 54.6 Å². The van der Waals surface area contributed by atoms with Gasteiger partial charge in [-0.25, -0.2) is 0 Å². The Kier molecular flexibility index (Phi) is 6.63. The number of hydrogen-bond donors (Lipinski definition) is 1. The number of nitrogens with one attached hydrogen (secondary N) is 1. The van der Waals surface area contributed by atoms with Crippen LogP contribution in [-0.4, -0.2) is 14.9 Å². The summed E-state index contributed by atoms with van der Waals surface area (Å²) in [5.41, 5.74) is 2.30. The van der Waals surface area contributed by atoms with E-state index in [0.717, 1.165) is 12.2 Å². The van der Waals surface area contributed by atoms with E-state index < -0.39 is 8.32 Å². The summed E-state index contributed by atoms with van der Waals surface area (Å²) in [4.78, 5) is 0. The first-order valence-electron chi connectivity index (χ1n) is 7.97. The molecule has 1 N–H and O–H groups in total. The Morgan fingerprint density at radius 2 is 1.91 bits per heavy atom. The first kappa shape index (κ1) is 18.7. The molecule has 1 rings (SSSR count). The lowest BCUT2D eigenvalue weighted by molar-refractivity contribution is 0.230. The average molecular weight is 318 g/mol. The Morgan fingerprint density at radius 3 is 2.45 bits per heavy atom. The highest BCUT2D eigenvalue weighted by Crippen LogP contribution is 2.41. The van der Waals surface area contributed by atoms with E-state index in [2.05, 4.69) is 76.1 Å². The molecule has 0 heterocycles. The molecule has 1 unspecified atom stereocenters. The first-order valence-corrected chi connectivity index (χ1v) is 10.9. The smallest absolute Gasteiger partial charge is 0.193 e. The molecule has 0 saturated heterocycles. The fourth-order valence-electron chi connectivity index (χ4n) is 1.96. The maximum atomic E-state index is 6.64. The van der Waals surface area contributed by atoms with Gasteiger partial charge in [0.15, 0.2) is 8.32 Å². The number of anilines is 1. The molecule has 0 saturated carbocycles. The van der Waals surface area contributed by atoms with Gasteiger partial charge < -0.3 is 9.74 Å². The monoisotopic (exact) mass is 317 g/mol. The third kappa shape index (κ3) is 4.85. The lowest BCUT2D eigenvalue weighted by Gasteiger charge is -2.39. The SMILES string of the molecule is C=CCNc1ccccc1C(/C=C/C)O[Si](C)(C)C(C)(C)C. The third-order valence-electron chi connectivity index (χ3n) is 4.30. The standard InChI is InChI=1S/C19H31NOSi/c1-8-12-18(21-22(6,7)19(3,4)5)16-13-10-11-14-17(16)20-15-9-2/h8-14,18,20H,2,15H2,1,3-7H3/b12-8+. The summed E-state index contributed by atoms with van der Waals surface area (Å²) < 4.78 is 6.64. The van der Waals surface area contributed by atoms with Crippen LogP contribution in [0.3, 0.4) is 0 Å². The number of benzene rings is 1. The summed E-state index contributed by atoms with van der Waals surface area (Å²) in [5, 5.41) is 3.60. The topological polar surface area (TPSA) is 21.3 Å². The normalized spacial score (nSPS) is 14.1. The van der Waals surface area contributed by atoms with E-state index in [1.807, 2.05) is 19.1 Å². The van der Waals surface area contributed by atoms with Crippen molar-refractivity contribution in [2.45, 2.75) is 51.9 Å². The van der Waals surface area contributed by atoms with Gasteiger partial charge in [0.1, 0.15) is 0 Å². The van der Waals surface area contributed by atoms with Crippen LogP contribution < -0.4 is 5.32 Å². The highest BCUT2D eigenvalue weighted by atomic mass is 28.4. The molecule has 0 aromatic heterocycles. The van der Waals surface area contributed by atoms with Crippen molar-refractivity contribution < 1.29 is 4.43 Å². The lowest BCUT2D eigenvalue weighted by atomic mass is 10.1. The predicted molar refractivity (Wildman–Crippen MR) is 101 cm³/mol. The second-order valence-electron chi connectivity index (χ2n) is 7.08. The zero-order valence-corrected chi connectivity index (χ0v) is 15.9. The summed E-state index contributed by atoms with van der Waals surface area (Å²) in [6.07, 6.45) is 6.08. The highest BCUT2D eigenvalue weighted by molar-refractivity contribution is 6.74. The second kappa shape index (κ2) is 7.79. The van der Waals surface area contributed by atoms with Crippen LogP contribution in [0.2, 0.25) is 18.1 Å². The molecule has 0 bridgehead atoms. The predicted octanol–water partition coefficient (Wildman–Crippen LogP) is 5.92. The Morgan fingerprint density at radius 1 is 1.27 bits per heavy atom. The molecule has 0 aliphatic carbocycles. The molecule has 0 radical (unpaired) electrons. The molecule has 0 fully saturated rings. The van der Waals surface area contributed by atoms with Crippen molar-refractivity contribution in [3.8, 4) is 0 Å². The Hall–Kier alpha value is -1.32. The molecule has 0 aliphatic heterocycles. The maximum absolute atomic E-state index is 6.64. The first-order chi connectivity index (χ1) is 10.2. The summed E-state index contributed by atoms with van der Waals surface area (Å²) >= 11 is 0. The molecule has 1 aromatic rings. The average Bonchev–Trinajstić information content (AvgIpc) is 2.43. The van der Waals surface area contributed by atoms with Gasteiger partial charge in [0, 0.05) is 17.8 Å². The van der Waals surface area contributed by atoms with Gasteiger partial charge in [-0.3, -0.25) is 0 Å². The van der Waals surface area contributed by atoms with Crippen molar-refractivity contribution in [3.63, 3.8) is 0 Å². The van der Waals surface area contributed by atoms with Crippen LogP contribution in [-0.2, 0) is 4.43 Å². The lowest BCUT2D eigenvalue weighted by Crippen LogP contribution is -2.41. The van der Waals surface area contributed by atoms with Crippen LogP contribution in [0.15, 0.2) is 49.1 Å². The fraction of sp³-hybridized carbons (Fsp3) is 0.474. The minimum Gasteiger partial charge on any atom is -0.406 e. The van der Waals surface area contributed by atoms with Gasteiger partial charge in [-0.1, -0.05) is 57.2 Å². The van der Waals surface area contributed by atoms with Crippen molar-refractivity contribution in [1.29, 1.82) is 0 Å². The van der Waals surface area contributed by atoms with Crippen molar-refractivity contribution in [1.82, 2.24) is 0 Å². The summed E-state index contributed by atoms with van der Waals surface area (Å²) in [5.74, 6) is 0. The summed E-state index contributed by atoms with van der Waals surface area (Å²) in [7, 11) is -1.84.